The highest BCUT2D eigenvalue weighted by molar-refractivity contribution is 6.07. The van der Waals surface area contributed by atoms with Crippen molar-refractivity contribution in [3.05, 3.63) is 35.4 Å². The Bertz CT molecular complexity index is 479. The lowest BCUT2D eigenvalue weighted by molar-refractivity contribution is -0.142. The second-order valence-electron chi connectivity index (χ2n) is 4.33. The summed E-state index contributed by atoms with van der Waals surface area (Å²) in [4.78, 5) is 33.7. The predicted molar refractivity (Wildman–Crippen MR) is 69.8 cm³/mol. The van der Waals surface area contributed by atoms with Crippen LogP contribution in [0.25, 0.3) is 0 Å². The van der Waals surface area contributed by atoms with E-state index in [1.165, 1.54) is 14.0 Å². The van der Waals surface area contributed by atoms with Crippen LogP contribution in [0.15, 0.2) is 24.3 Å². The van der Waals surface area contributed by atoms with Gasteiger partial charge in [-0.2, -0.15) is 0 Å². The molecule has 0 amide bonds. The van der Waals surface area contributed by atoms with Gasteiger partial charge in [0.2, 0.25) is 0 Å². The maximum absolute atomic E-state index is 11.6. The predicted octanol–water partition coefficient (Wildman–Crippen LogP) is 0.891. The molecule has 0 aliphatic heterocycles. The number of benzene rings is 1. The Hall–Kier alpha value is -2.01. The molecule has 0 aromatic heterocycles. The largest absolute Gasteiger partial charge is 0.468 e. The lowest BCUT2D eigenvalue weighted by atomic mass is 10.0. The second-order valence-corrected chi connectivity index (χ2v) is 4.33. The fraction of sp³-hybridized carbons (Fsp3) is 0.357. The van der Waals surface area contributed by atoms with E-state index in [4.69, 9.17) is 5.73 Å². The zero-order valence-electron chi connectivity index (χ0n) is 11.0. The molecule has 1 unspecified atom stereocenters. The van der Waals surface area contributed by atoms with Crippen molar-refractivity contribution in [2.75, 3.05) is 7.11 Å². The van der Waals surface area contributed by atoms with E-state index in [0.29, 0.717) is 12.0 Å². The first kappa shape index (κ1) is 15.0. The number of ketones is 2. The van der Waals surface area contributed by atoms with Gasteiger partial charge in [-0.15, -0.1) is 0 Å². The Balaban J connectivity index is 2.69. The van der Waals surface area contributed by atoms with Gasteiger partial charge in [0, 0.05) is 5.56 Å². The highest BCUT2D eigenvalue weighted by atomic mass is 16.5. The van der Waals surface area contributed by atoms with Crippen molar-refractivity contribution in [2.45, 2.75) is 25.8 Å². The molecule has 1 atom stereocenters. The third kappa shape index (κ3) is 4.63. The summed E-state index contributed by atoms with van der Waals surface area (Å²) in [6.45, 7) is 1.38. The lowest BCUT2D eigenvalue weighted by Crippen LogP contribution is -2.33. The highest BCUT2D eigenvalue weighted by Gasteiger charge is 2.14. The summed E-state index contributed by atoms with van der Waals surface area (Å²) >= 11 is 0. The lowest BCUT2D eigenvalue weighted by Gasteiger charge is -2.09. The van der Waals surface area contributed by atoms with Gasteiger partial charge in [0.1, 0.15) is 11.8 Å². The number of carbonyl (C=O) groups excluding carboxylic acids is 3. The number of carbonyl (C=O) groups is 3. The van der Waals surface area contributed by atoms with Crippen molar-refractivity contribution in [3.63, 3.8) is 0 Å². The van der Waals surface area contributed by atoms with Crippen molar-refractivity contribution in [2.24, 2.45) is 5.73 Å². The number of hydrogen-bond donors (Lipinski definition) is 1. The molecular formula is C14H17NO4. The number of nitrogens with two attached hydrogens (primary N) is 1. The van der Waals surface area contributed by atoms with Crippen molar-refractivity contribution >= 4 is 17.5 Å². The summed E-state index contributed by atoms with van der Waals surface area (Å²) in [5.74, 6) is -0.852. The minimum Gasteiger partial charge on any atom is -0.468 e. The van der Waals surface area contributed by atoms with Gasteiger partial charge in [0.15, 0.2) is 5.78 Å². The van der Waals surface area contributed by atoms with Crippen LogP contribution in [0, 0.1) is 0 Å². The van der Waals surface area contributed by atoms with Crippen LogP contribution in [0.1, 0.15) is 29.3 Å². The molecule has 0 fully saturated rings. The normalized spacial score (nSPS) is 11.7. The maximum atomic E-state index is 11.6. The van der Waals surface area contributed by atoms with Crippen molar-refractivity contribution in [3.8, 4) is 0 Å². The zero-order valence-corrected chi connectivity index (χ0v) is 11.0. The first-order valence-electron chi connectivity index (χ1n) is 5.89. The number of esters is 1. The van der Waals surface area contributed by atoms with Crippen LogP contribution >= 0.6 is 0 Å². The van der Waals surface area contributed by atoms with E-state index in [0.717, 1.165) is 5.56 Å². The summed E-state index contributed by atoms with van der Waals surface area (Å²) in [6, 6.07) is 5.98. The number of methoxy groups -OCH3 is 1. The third-order valence-corrected chi connectivity index (χ3v) is 2.64. The molecular weight excluding hydrogens is 246 g/mol. The topological polar surface area (TPSA) is 86.5 Å². The van der Waals surface area contributed by atoms with Gasteiger partial charge in [-0.3, -0.25) is 14.4 Å². The van der Waals surface area contributed by atoms with E-state index in [2.05, 4.69) is 4.74 Å². The Labute approximate surface area is 111 Å². The molecule has 1 rings (SSSR count). The van der Waals surface area contributed by atoms with Crippen LogP contribution in [0.4, 0.5) is 0 Å². The molecule has 1 aromatic carbocycles. The first-order valence-corrected chi connectivity index (χ1v) is 5.89. The monoisotopic (exact) mass is 263 g/mol. The standard InChI is InChI=1S/C14H17NO4/c1-9(16)7-13(17)11-5-3-10(4-6-11)8-12(15)14(18)19-2/h3-6,12H,7-8,15H2,1-2H3. The van der Waals surface area contributed by atoms with Crippen molar-refractivity contribution in [1.29, 1.82) is 0 Å². The van der Waals surface area contributed by atoms with E-state index in [1.807, 2.05) is 0 Å². The summed E-state index contributed by atoms with van der Waals surface area (Å²) in [5, 5.41) is 0. The summed E-state index contributed by atoms with van der Waals surface area (Å²) in [5.41, 5.74) is 6.95. The zero-order chi connectivity index (χ0) is 14.4. The quantitative estimate of drug-likeness (QED) is 0.468. The molecule has 0 aliphatic carbocycles. The molecule has 0 radical (unpaired) electrons. The van der Waals surface area contributed by atoms with Gasteiger partial charge in [-0.25, -0.2) is 0 Å². The minimum absolute atomic E-state index is 0.0962. The van der Waals surface area contributed by atoms with Crippen LogP contribution in [-0.2, 0) is 20.7 Å². The summed E-state index contributed by atoms with van der Waals surface area (Å²) in [6.07, 6.45) is 0.245. The Morgan fingerprint density at radius 3 is 2.26 bits per heavy atom. The SMILES string of the molecule is COC(=O)C(N)Cc1ccc(C(=O)CC(C)=O)cc1. The van der Waals surface area contributed by atoms with E-state index in [9.17, 15) is 14.4 Å². The minimum atomic E-state index is -0.719. The number of Topliss-reactive ketones (excluding diaryl/α,β-unsaturated/α-hetero) is 2. The second kappa shape index (κ2) is 6.80. The van der Waals surface area contributed by atoms with E-state index < -0.39 is 12.0 Å². The number of rotatable bonds is 6. The molecule has 0 saturated heterocycles. The van der Waals surface area contributed by atoms with E-state index >= 15 is 0 Å². The smallest absolute Gasteiger partial charge is 0.322 e. The average molecular weight is 263 g/mol. The fourth-order valence-electron chi connectivity index (χ4n) is 1.64. The van der Waals surface area contributed by atoms with Crippen molar-refractivity contribution < 1.29 is 19.1 Å². The van der Waals surface area contributed by atoms with Gasteiger partial charge >= 0.3 is 5.97 Å². The Morgan fingerprint density at radius 2 is 1.79 bits per heavy atom. The Kier molecular flexibility index (Phi) is 5.38. The maximum Gasteiger partial charge on any atom is 0.322 e. The Morgan fingerprint density at radius 1 is 1.21 bits per heavy atom. The van der Waals surface area contributed by atoms with Crippen molar-refractivity contribution in [1.82, 2.24) is 0 Å². The number of ether oxygens (including phenoxy) is 1. The molecule has 5 heteroatoms. The molecule has 0 bridgehead atoms. The molecule has 1 aromatic rings. The molecule has 2 N–H and O–H groups in total. The van der Waals surface area contributed by atoms with Gasteiger partial charge < -0.3 is 10.5 Å². The van der Waals surface area contributed by atoms with Crippen LogP contribution < -0.4 is 5.73 Å². The van der Waals surface area contributed by atoms with Gasteiger partial charge in [-0.1, -0.05) is 24.3 Å². The van der Waals surface area contributed by atoms with Crippen LogP contribution in [0.3, 0.4) is 0 Å². The molecule has 0 heterocycles. The highest BCUT2D eigenvalue weighted by Crippen LogP contribution is 2.09. The third-order valence-electron chi connectivity index (χ3n) is 2.64. The average Bonchev–Trinajstić information content (AvgIpc) is 2.37. The molecule has 19 heavy (non-hydrogen) atoms. The molecule has 5 nitrogen and oxygen atoms in total. The van der Waals surface area contributed by atoms with Gasteiger partial charge in [-0.05, 0) is 18.9 Å². The molecule has 0 aliphatic rings. The van der Waals surface area contributed by atoms with Gasteiger partial charge in [0.05, 0.1) is 13.5 Å². The van der Waals surface area contributed by atoms with Crippen LogP contribution in [0.5, 0.6) is 0 Å². The fourth-order valence-corrected chi connectivity index (χ4v) is 1.64. The molecule has 0 saturated carbocycles. The van der Waals surface area contributed by atoms with Gasteiger partial charge in [0.25, 0.3) is 0 Å². The summed E-state index contributed by atoms with van der Waals surface area (Å²) in [7, 11) is 1.28. The summed E-state index contributed by atoms with van der Waals surface area (Å²) < 4.78 is 4.53. The number of hydrogen-bond acceptors (Lipinski definition) is 5. The van der Waals surface area contributed by atoms with E-state index in [-0.39, 0.29) is 18.0 Å². The molecule has 0 spiro atoms. The van der Waals surface area contributed by atoms with E-state index in [1.54, 1.807) is 24.3 Å². The first-order chi connectivity index (χ1) is 8.93. The van der Waals surface area contributed by atoms with Crippen LogP contribution in [-0.4, -0.2) is 30.7 Å². The van der Waals surface area contributed by atoms with Crippen LogP contribution in [0.2, 0.25) is 0 Å². The molecule has 102 valence electrons.